The molecule has 3 aromatic rings. The van der Waals surface area contributed by atoms with E-state index in [2.05, 4.69) is 50.4 Å². The first-order valence-corrected chi connectivity index (χ1v) is 12.3. The first-order chi connectivity index (χ1) is 15.7. The molecule has 0 radical (unpaired) electrons. The van der Waals surface area contributed by atoms with Gasteiger partial charge >= 0.3 is 0 Å². The molecule has 5 rings (SSSR count). The molecule has 3 heterocycles. The maximum Gasteiger partial charge on any atom is 0.256 e. The van der Waals surface area contributed by atoms with Crippen molar-refractivity contribution in [2.45, 2.75) is 39.5 Å². The van der Waals surface area contributed by atoms with Crippen molar-refractivity contribution in [2.75, 3.05) is 5.32 Å². The molecule has 0 bridgehead atoms. The van der Waals surface area contributed by atoms with Gasteiger partial charge in [0.15, 0.2) is 10.9 Å². The van der Waals surface area contributed by atoms with Crippen LogP contribution in [0.3, 0.4) is 0 Å². The zero-order valence-corrected chi connectivity index (χ0v) is 20.9. The number of hydrogen-bond donors (Lipinski definition) is 2. The smallest absolute Gasteiger partial charge is 0.256 e. The predicted octanol–water partition coefficient (Wildman–Crippen LogP) is 5.70. The molecule has 0 spiro atoms. The number of ketones is 1. The number of anilines is 1. The number of rotatable bonds is 3. The van der Waals surface area contributed by atoms with Gasteiger partial charge in [-0.2, -0.15) is 0 Å². The van der Waals surface area contributed by atoms with Crippen molar-refractivity contribution in [3.8, 4) is 0 Å². The molecule has 0 fully saturated rings. The maximum absolute atomic E-state index is 13.6. The lowest BCUT2D eigenvalue weighted by atomic mass is 9.68. The van der Waals surface area contributed by atoms with Crippen LogP contribution in [-0.4, -0.2) is 21.7 Å². The SMILES string of the molecule is CC1=C(C(=O)Nc2nc3ccc(Br)cc3s2)[C@@H](c2cccnc2)C2=C(CC(C)(C)CC2=O)N1. The number of allylic oxidation sites excluding steroid dienone is 3. The molecular weight excluding hydrogens is 500 g/mol. The summed E-state index contributed by atoms with van der Waals surface area (Å²) in [7, 11) is 0. The van der Waals surface area contributed by atoms with Gasteiger partial charge in [-0.1, -0.05) is 47.2 Å². The minimum atomic E-state index is -0.470. The minimum Gasteiger partial charge on any atom is -0.362 e. The van der Waals surface area contributed by atoms with Crippen LogP contribution in [0.15, 0.2) is 69.7 Å². The number of amides is 1. The molecule has 2 aliphatic rings. The van der Waals surface area contributed by atoms with Gasteiger partial charge in [-0.05, 0) is 48.6 Å². The van der Waals surface area contributed by atoms with Crippen LogP contribution in [-0.2, 0) is 9.59 Å². The maximum atomic E-state index is 13.6. The number of halogens is 1. The normalized spacial score (nSPS) is 20.0. The molecule has 6 nitrogen and oxygen atoms in total. The lowest BCUT2D eigenvalue weighted by Crippen LogP contribution is -2.39. The van der Waals surface area contributed by atoms with Crippen molar-refractivity contribution in [2.24, 2.45) is 5.41 Å². The Morgan fingerprint density at radius 3 is 2.85 bits per heavy atom. The molecule has 0 saturated carbocycles. The molecule has 1 amide bonds. The van der Waals surface area contributed by atoms with Gasteiger partial charge in [-0.15, -0.1) is 0 Å². The Kier molecular flexibility index (Phi) is 5.45. The van der Waals surface area contributed by atoms with Crippen molar-refractivity contribution in [1.82, 2.24) is 15.3 Å². The Bertz CT molecular complexity index is 1360. The summed E-state index contributed by atoms with van der Waals surface area (Å²) in [5, 5.41) is 6.89. The summed E-state index contributed by atoms with van der Waals surface area (Å²) in [4.78, 5) is 35.8. The first kappa shape index (κ1) is 22.0. The van der Waals surface area contributed by atoms with E-state index in [4.69, 9.17) is 0 Å². The van der Waals surface area contributed by atoms with Crippen LogP contribution in [0.1, 0.15) is 45.1 Å². The monoisotopic (exact) mass is 522 g/mol. The van der Waals surface area contributed by atoms with Gasteiger partial charge in [0.1, 0.15) is 0 Å². The van der Waals surface area contributed by atoms with Crippen molar-refractivity contribution >= 4 is 54.3 Å². The predicted molar refractivity (Wildman–Crippen MR) is 134 cm³/mol. The number of hydrogen-bond acceptors (Lipinski definition) is 6. The lowest BCUT2D eigenvalue weighted by molar-refractivity contribution is -0.118. The Hall–Kier alpha value is -2.84. The van der Waals surface area contributed by atoms with Crippen molar-refractivity contribution in [3.05, 3.63) is 75.3 Å². The summed E-state index contributed by atoms with van der Waals surface area (Å²) in [6, 6.07) is 9.58. The third-order valence-electron chi connectivity index (χ3n) is 6.07. The van der Waals surface area contributed by atoms with Gasteiger partial charge in [0.05, 0.1) is 10.2 Å². The summed E-state index contributed by atoms with van der Waals surface area (Å²) < 4.78 is 1.94. The summed E-state index contributed by atoms with van der Waals surface area (Å²) >= 11 is 4.89. The lowest BCUT2D eigenvalue weighted by Gasteiger charge is -2.39. The fourth-order valence-electron chi connectivity index (χ4n) is 4.73. The summed E-state index contributed by atoms with van der Waals surface area (Å²) in [6.45, 7) is 6.09. The van der Waals surface area contributed by atoms with E-state index in [0.717, 1.165) is 38.1 Å². The van der Waals surface area contributed by atoms with Crippen molar-refractivity contribution in [3.63, 3.8) is 0 Å². The Balaban J connectivity index is 1.56. The fraction of sp³-hybridized carbons (Fsp3) is 0.280. The first-order valence-electron chi connectivity index (χ1n) is 10.7. The van der Waals surface area contributed by atoms with Gasteiger partial charge < -0.3 is 5.32 Å². The van der Waals surface area contributed by atoms with E-state index < -0.39 is 5.92 Å². The highest BCUT2D eigenvalue weighted by Crippen LogP contribution is 2.46. The van der Waals surface area contributed by atoms with Crippen LogP contribution in [0.2, 0.25) is 0 Å². The van der Waals surface area contributed by atoms with Crippen LogP contribution in [0.25, 0.3) is 10.2 Å². The Morgan fingerprint density at radius 1 is 1.27 bits per heavy atom. The molecular formula is C25H23BrN4O2S. The molecule has 1 aromatic carbocycles. The number of carbonyl (C=O) groups is 2. The number of thiazole rings is 1. The number of dihydropyridines is 1. The van der Waals surface area contributed by atoms with Gasteiger partial charge in [-0.3, -0.25) is 19.9 Å². The molecule has 0 saturated heterocycles. The fourth-order valence-corrected chi connectivity index (χ4v) is 6.15. The van der Waals surface area contributed by atoms with Gasteiger partial charge in [0, 0.05) is 51.7 Å². The van der Waals surface area contributed by atoms with E-state index in [0.29, 0.717) is 22.7 Å². The van der Waals surface area contributed by atoms with Crippen LogP contribution in [0, 0.1) is 5.41 Å². The quantitative estimate of drug-likeness (QED) is 0.461. The second-order valence-corrected chi connectivity index (χ2v) is 11.2. The highest BCUT2D eigenvalue weighted by Gasteiger charge is 2.42. The minimum absolute atomic E-state index is 0.0743. The second kappa shape index (κ2) is 8.18. The number of pyridine rings is 1. The van der Waals surface area contributed by atoms with Crippen LogP contribution in [0.5, 0.6) is 0 Å². The average Bonchev–Trinajstić information content (AvgIpc) is 3.13. The Morgan fingerprint density at radius 2 is 2.09 bits per heavy atom. The number of nitrogens with zero attached hydrogens (tertiary/aromatic N) is 2. The molecule has 2 aromatic heterocycles. The summed E-state index contributed by atoms with van der Waals surface area (Å²) in [5.74, 6) is -0.663. The van der Waals surface area contributed by atoms with Crippen LogP contribution >= 0.6 is 27.3 Å². The Labute approximate surface area is 204 Å². The highest BCUT2D eigenvalue weighted by atomic mass is 79.9. The van der Waals surface area contributed by atoms with Crippen molar-refractivity contribution in [1.29, 1.82) is 0 Å². The van der Waals surface area contributed by atoms with E-state index >= 15 is 0 Å². The van der Waals surface area contributed by atoms with Crippen LogP contribution in [0.4, 0.5) is 5.13 Å². The number of fused-ring (bicyclic) bond motifs is 1. The standard InChI is InChI=1S/C25H23BrN4O2S/c1-13-20(23(32)30-24-29-16-7-6-15(26)9-19(16)33-24)21(14-5-4-8-27-12-14)22-17(28-13)10-25(2,3)11-18(22)31/h4-9,12,21,28H,10-11H2,1-3H3,(H,29,30,32)/t21-/m1/s1. The van der Waals surface area contributed by atoms with Gasteiger partial charge in [0.25, 0.3) is 5.91 Å². The zero-order chi connectivity index (χ0) is 23.3. The van der Waals surface area contributed by atoms with Gasteiger partial charge in [0.2, 0.25) is 0 Å². The average molecular weight is 523 g/mol. The van der Waals surface area contributed by atoms with E-state index in [1.165, 1.54) is 11.3 Å². The highest BCUT2D eigenvalue weighted by molar-refractivity contribution is 9.10. The summed E-state index contributed by atoms with van der Waals surface area (Å²) in [5.41, 5.74) is 4.37. The molecule has 2 N–H and O–H groups in total. The molecule has 168 valence electrons. The molecule has 1 atom stereocenters. The topological polar surface area (TPSA) is 84.0 Å². The molecule has 1 aliphatic heterocycles. The van der Waals surface area contributed by atoms with E-state index in [9.17, 15) is 9.59 Å². The molecule has 0 unspecified atom stereocenters. The molecule has 1 aliphatic carbocycles. The number of aromatic nitrogens is 2. The van der Waals surface area contributed by atoms with E-state index in [-0.39, 0.29) is 17.1 Å². The van der Waals surface area contributed by atoms with Crippen molar-refractivity contribution < 1.29 is 9.59 Å². The second-order valence-electron chi connectivity index (χ2n) is 9.30. The van der Waals surface area contributed by atoms with Crippen LogP contribution < -0.4 is 10.6 Å². The molecule has 33 heavy (non-hydrogen) atoms. The summed E-state index contributed by atoms with van der Waals surface area (Å²) in [6.07, 6.45) is 4.64. The molecule has 8 heteroatoms. The van der Waals surface area contributed by atoms with E-state index in [1.807, 2.05) is 37.3 Å². The number of benzene rings is 1. The third kappa shape index (κ3) is 4.13. The number of nitrogens with one attached hydrogen (secondary N) is 2. The zero-order valence-electron chi connectivity index (χ0n) is 18.5. The number of carbonyl (C=O) groups excluding carboxylic acids is 2. The van der Waals surface area contributed by atoms with Gasteiger partial charge in [-0.25, -0.2) is 4.98 Å². The third-order valence-corrected chi connectivity index (χ3v) is 7.50. The largest absolute Gasteiger partial charge is 0.362 e. The number of Topliss-reactive ketones (excluding diaryl/α,β-unsaturated/α-hetero) is 1. The van der Waals surface area contributed by atoms with E-state index in [1.54, 1.807) is 12.4 Å².